The van der Waals surface area contributed by atoms with Crippen LogP contribution in [-0.2, 0) is 16.0 Å². The van der Waals surface area contributed by atoms with Crippen LogP contribution in [0.4, 0.5) is 0 Å². The number of fused-ring (bicyclic) bond motifs is 1. The predicted octanol–water partition coefficient (Wildman–Crippen LogP) is 1.93. The van der Waals surface area contributed by atoms with Crippen LogP contribution in [0, 0.1) is 0 Å². The van der Waals surface area contributed by atoms with Crippen LogP contribution in [0.2, 0.25) is 0 Å². The zero-order valence-electron chi connectivity index (χ0n) is 11.4. The van der Waals surface area contributed by atoms with E-state index in [1.165, 1.54) is 12.7 Å². The topological polar surface area (TPSA) is 38.8 Å². The summed E-state index contributed by atoms with van der Waals surface area (Å²) >= 11 is 0. The summed E-state index contributed by atoms with van der Waals surface area (Å²) in [7, 11) is 3.45. The van der Waals surface area contributed by atoms with E-state index in [1.807, 2.05) is 19.2 Å². The van der Waals surface area contributed by atoms with E-state index in [0.717, 1.165) is 37.2 Å². The number of carbonyl (C=O) groups is 1. The third-order valence-corrected chi connectivity index (χ3v) is 3.98. The Morgan fingerprint density at radius 3 is 2.95 bits per heavy atom. The summed E-state index contributed by atoms with van der Waals surface area (Å²) in [4.78, 5) is 14.2. The van der Waals surface area contributed by atoms with Gasteiger partial charge in [0.2, 0.25) is 0 Å². The van der Waals surface area contributed by atoms with Gasteiger partial charge in [-0.2, -0.15) is 0 Å². The van der Waals surface area contributed by atoms with Gasteiger partial charge in [-0.05, 0) is 43.1 Å². The van der Waals surface area contributed by atoms with Gasteiger partial charge in [0.15, 0.2) is 0 Å². The van der Waals surface area contributed by atoms with Crippen molar-refractivity contribution in [2.75, 3.05) is 20.8 Å². The van der Waals surface area contributed by atoms with Gasteiger partial charge >= 0.3 is 5.97 Å². The minimum absolute atomic E-state index is 0.187. The van der Waals surface area contributed by atoms with Crippen LogP contribution in [0.15, 0.2) is 18.2 Å². The number of hydrogen-bond acceptors (Lipinski definition) is 4. The summed E-state index contributed by atoms with van der Waals surface area (Å²) in [5.74, 6) is 0.759. The van der Waals surface area contributed by atoms with Crippen molar-refractivity contribution < 1.29 is 14.3 Å². The first-order chi connectivity index (χ1) is 9.20. The van der Waals surface area contributed by atoms with Crippen LogP contribution in [0.25, 0.3) is 0 Å². The van der Waals surface area contributed by atoms with E-state index in [-0.39, 0.29) is 12.0 Å². The second kappa shape index (κ2) is 4.85. The van der Waals surface area contributed by atoms with Crippen molar-refractivity contribution in [2.24, 2.45) is 0 Å². The van der Waals surface area contributed by atoms with E-state index in [2.05, 4.69) is 11.0 Å². The van der Waals surface area contributed by atoms with E-state index >= 15 is 0 Å². The summed E-state index contributed by atoms with van der Waals surface area (Å²) in [6.45, 7) is 0.736. The SMILES string of the molecule is COC(=O)C(c1ccc2c(c1)CCO2)N(C)C1CC1. The Kier molecular flexibility index (Phi) is 3.19. The second-order valence-electron chi connectivity index (χ2n) is 5.29. The summed E-state index contributed by atoms with van der Waals surface area (Å²) < 4.78 is 10.5. The number of nitrogens with zero attached hydrogens (tertiary/aromatic N) is 1. The van der Waals surface area contributed by atoms with Crippen molar-refractivity contribution in [3.63, 3.8) is 0 Å². The van der Waals surface area contributed by atoms with E-state index < -0.39 is 0 Å². The van der Waals surface area contributed by atoms with Gasteiger partial charge in [-0.15, -0.1) is 0 Å². The van der Waals surface area contributed by atoms with E-state index in [0.29, 0.717) is 6.04 Å². The molecule has 1 aromatic carbocycles. The fraction of sp³-hybridized carbons (Fsp3) is 0.533. The lowest BCUT2D eigenvalue weighted by molar-refractivity contribution is -0.147. The Labute approximate surface area is 113 Å². The molecule has 1 fully saturated rings. The molecule has 0 spiro atoms. The maximum atomic E-state index is 12.1. The van der Waals surface area contributed by atoms with Gasteiger partial charge in [-0.25, -0.2) is 4.79 Å². The monoisotopic (exact) mass is 261 g/mol. The highest BCUT2D eigenvalue weighted by molar-refractivity contribution is 5.78. The molecule has 102 valence electrons. The Hall–Kier alpha value is -1.55. The van der Waals surface area contributed by atoms with Crippen molar-refractivity contribution in [2.45, 2.75) is 31.3 Å². The Bertz CT molecular complexity index is 496. The van der Waals surface area contributed by atoms with Crippen LogP contribution in [0.1, 0.15) is 30.0 Å². The van der Waals surface area contributed by atoms with Gasteiger partial charge in [0.05, 0.1) is 13.7 Å². The number of hydrogen-bond donors (Lipinski definition) is 0. The maximum Gasteiger partial charge on any atom is 0.327 e. The summed E-state index contributed by atoms with van der Waals surface area (Å²) in [5, 5.41) is 0. The largest absolute Gasteiger partial charge is 0.493 e. The van der Waals surface area contributed by atoms with E-state index in [1.54, 1.807) is 0 Å². The highest BCUT2D eigenvalue weighted by atomic mass is 16.5. The third-order valence-electron chi connectivity index (χ3n) is 3.98. The van der Waals surface area contributed by atoms with Crippen molar-refractivity contribution >= 4 is 5.97 Å². The molecule has 0 amide bonds. The molecule has 1 aliphatic carbocycles. The van der Waals surface area contributed by atoms with Gasteiger partial charge < -0.3 is 9.47 Å². The Balaban J connectivity index is 1.92. The molecular weight excluding hydrogens is 242 g/mol. The number of rotatable bonds is 4. The highest BCUT2D eigenvalue weighted by Gasteiger charge is 2.36. The Morgan fingerprint density at radius 1 is 1.47 bits per heavy atom. The molecule has 1 aromatic rings. The zero-order valence-corrected chi connectivity index (χ0v) is 11.4. The quantitative estimate of drug-likeness (QED) is 0.776. The summed E-state index contributed by atoms with van der Waals surface area (Å²) in [6, 6.07) is 6.24. The van der Waals surface area contributed by atoms with Gasteiger partial charge in [-0.1, -0.05) is 6.07 Å². The van der Waals surface area contributed by atoms with Crippen LogP contribution < -0.4 is 4.74 Å². The first-order valence-electron chi connectivity index (χ1n) is 6.76. The van der Waals surface area contributed by atoms with Gasteiger partial charge in [-0.3, -0.25) is 4.90 Å². The first-order valence-corrected chi connectivity index (χ1v) is 6.76. The van der Waals surface area contributed by atoms with Crippen LogP contribution in [-0.4, -0.2) is 37.7 Å². The molecule has 19 heavy (non-hydrogen) atoms. The molecule has 0 saturated heterocycles. The molecular formula is C15H19NO3. The molecule has 1 saturated carbocycles. The van der Waals surface area contributed by atoms with E-state index in [9.17, 15) is 4.79 Å². The fourth-order valence-electron chi connectivity index (χ4n) is 2.72. The minimum Gasteiger partial charge on any atom is -0.493 e. The molecule has 0 aromatic heterocycles. The molecule has 1 heterocycles. The maximum absolute atomic E-state index is 12.1. The van der Waals surface area contributed by atoms with Gasteiger partial charge in [0, 0.05) is 12.5 Å². The smallest absolute Gasteiger partial charge is 0.327 e. The number of benzene rings is 1. The third kappa shape index (κ3) is 2.32. The van der Waals surface area contributed by atoms with Crippen molar-refractivity contribution in [1.29, 1.82) is 0 Å². The lowest BCUT2D eigenvalue weighted by Crippen LogP contribution is -2.33. The summed E-state index contributed by atoms with van der Waals surface area (Å²) in [5.41, 5.74) is 2.20. The van der Waals surface area contributed by atoms with Crippen molar-refractivity contribution in [1.82, 2.24) is 4.90 Å². The molecule has 0 N–H and O–H groups in total. The molecule has 0 bridgehead atoms. The average Bonchev–Trinajstić information content (AvgIpc) is 3.17. The molecule has 3 rings (SSSR count). The molecule has 1 atom stereocenters. The summed E-state index contributed by atoms with van der Waals surface area (Å²) in [6.07, 6.45) is 3.25. The average molecular weight is 261 g/mol. The van der Waals surface area contributed by atoms with Crippen LogP contribution in [0.3, 0.4) is 0 Å². The number of esters is 1. The van der Waals surface area contributed by atoms with Gasteiger partial charge in [0.1, 0.15) is 11.8 Å². The molecule has 4 heteroatoms. The number of ether oxygens (including phenoxy) is 2. The zero-order chi connectivity index (χ0) is 13.4. The van der Waals surface area contributed by atoms with Crippen molar-refractivity contribution in [3.8, 4) is 5.75 Å². The lowest BCUT2D eigenvalue weighted by Gasteiger charge is -2.26. The normalized spacial score (nSPS) is 18.9. The minimum atomic E-state index is -0.302. The molecule has 1 aliphatic heterocycles. The van der Waals surface area contributed by atoms with Crippen LogP contribution >= 0.6 is 0 Å². The molecule has 1 unspecified atom stereocenters. The molecule has 2 aliphatic rings. The Morgan fingerprint density at radius 2 is 2.26 bits per heavy atom. The van der Waals surface area contributed by atoms with E-state index in [4.69, 9.17) is 9.47 Å². The second-order valence-corrected chi connectivity index (χ2v) is 5.29. The molecule has 4 nitrogen and oxygen atoms in total. The predicted molar refractivity (Wildman–Crippen MR) is 71.2 cm³/mol. The molecule has 0 radical (unpaired) electrons. The lowest BCUT2D eigenvalue weighted by atomic mass is 10.0. The highest BCUT2D eigenvalue weighted by Crippen LogP contribution is 2.35. The first kappa shape index (κ1) is 12.5. The number of methoxy groups -OCH3 is 1. The number of carbonyl (C=O) groups excluding carboxylic acids is 1. The number of likely N-dealkylation sites (N-methyl/N-ethyl adjacent to an activating group) is 1. The fourth-order valence-corrected chi connectivity index (χ4v) is 2.72. The van der Waals surface area contributed by atoms with Crippen molar-refractivity contribution in [3.05, 3.63) is 29.3 Å². The van der Waals surface area contributed by atoms with Crippen LogP contribution in [0.5, 0.6) is 5.75 Å². The van der Waals surface area contributed by atoms with Gasteiger partial charge in [0.25, 0.3) is 0 Å². The standard InChI is InChI=1S/C15H19NO3/c1-16(12-4-5-12)14(15(17)18-2)11-3-6-13-10(9-11)7-8-19-13/h3,6,9,12,14H,4-5,7-8H2,1-2H3.